The summed E-state index contributed by atoms with van der Waals surface area (Å²) in [4.78, 5) is 41.4. The number of nitrogens with zero attached hydrogens (tertiary/aromatic N) is 2. The predicted molar refractivity (Wildman–Crippen MR) is 110 cm³/mol. The average Bonchev–Trinajstić information content (AvgIpc) is 2.98. The SMILES string of the molecule is CN(C)CCCCCCSc1cccc2c1CN(C1CCC(=O)NC1=O)C2=O. The molecule has 1 N–H and O–H groups in total. The van der Waals surface area contributed by atoms with E-state index < -0.39 is 6.04 Å². The van der Waals surface area contributed by atoms with Crippen molar-refractivity contribution in [2.24, 2.45) is 0 Å². The number of benzene rings is 1. The van der Waals surface area contributed by atoms with Crippen molar-refractivity contribution in [2.75, 3.05) is 26.4 Å². The Morgan fingerprint density at radius 2 is 1.93 bits per heavy atom. The van der Waals surface area contributed by atoms with Crippen LogP contribution in [0, 0.1) is 0 Å². The highest BCUT2D eigenvalue weighted by Crippen LogP contribution is 2.34. The van der Waals surface area contributed by atoms with Gasteiger partial charge in [-0.1, -0.05) is 18.9 Å². The minimum atomic E-state index is -0.549. The number of fused-ring (bicyclic) bond motifs is 1. The molecule has 1 saturated heterocycles. The van der Waals surface area contributed by atoms with Crippen LogP contribution in [-0.4, -0.2) is 60.0 Å². The van der Waals surface area contributed by atoms with Gasteiger partial charge in [-0.15, -0.1) is 11.8 Å². The van der Waals surface area contributed by atoms with Crippen LogP contribution in [0.1, 0.15) is 54.4 Å². The fourth-order valence-electron chi connectivity index (χ4n) is 3.76. The maximum atomic E-state index is 12.8. The highest BCUT2D eigenvalue weighted by Gasteiger charge is 2.39. The number of carbonyl (C=O) groups excluding carboxylic acids is 3. The number of thioether (sulfide) groups is 1. The molecule has 152 valence electrons. The molecule has 7 heteroatoms. The molecule has 1 aromatic rings. The summed E-state index contributed by atoms with van der Waals surface area (Å²) >= 11 is 1.80. The zero-order valence-corrected chi connectivity index (χ0v) is 17.5. The second kappa shape index (κ2) is 9.56. The van der Waals surface area contributed by atoms with Crippen LogP contribution in [-0.2, 0) is 16.1 Å². The average molecular weight is 404 g/mol. The minimum Gasteiger partial charge on any atom is -0.322 e. The van der Waals surface area contributed by atoms with Gasteiger partial charge in [0, 0.05) is 23.4 Å². The molecule has 1 unspecified atom stereocenters. The number of rotatable bonds is 9. The Morgan fingerprint density at radius 3 is 2.68 bits per heavy atom. The molecule has 0 aliphatic carbocycles. The fourth-order valence-corrected chi connectivity index (χ4v) is 4.85. The zero-order valence-electron chi connectivity index (χ0n) is 16.7. The van der Waals surface area contributed by atoms with Gasteiger partial charge < -0.3 is 9.80 Å². The van der Waals surface area contributed by atoms with Crippen molar-refractivity contribution in [3.05, 3.63) is 29.3 Å². The quantitative estimate of drug-likeness (QED) is 0.390. The van der Waals surface area contributed by atoms with Gasteiger partial charge in [-0.05, 0) is 63.4 Å². The van der Waals surface area contributed by atoms with E-state index in [1.165, 1.54) is 19.3 Å². The number of unbranched alkanes of at least 4 members (excludes halogenated alkanes) is 3. The molecule has 2 aliphatic rings. The number of carbonyl (C=O) groups is 3. The summed E-state index contributed by atoms with van der Waals surface area (Å²) in [5.41, 5.74) is 1.72. The Morgan fingerprint density at radius 1 is 1.14 bits per heavy atom. The van der Waals surface area contributed by atoms with Crippen LogP contribution in [0.5, 0.6) is 0 Å². The van der Waals surface area contributed by atoms with Crippen molar-refractivity contribution in [2.45, 2.75) is 56.0 Å². The number of imide groups is 1. The number of amides is 3. The first-order chi connectivity index (χ1) is 13.5. The lowest BCUT2D eigenvalue weighted by Gasteiger charge is -2.29. The molecule has 1 aromatic carbocycles. The van der Waals surface area contributed by atoms with Crippen LogP contribution in [0.3, 0.4) is 0 Å². The molecule has 6 nitrogen and oxygen atoms in total. The molecular formula is C21H29N3O3S. The summed E-state index contributed by atoms with van der Waals surface area (Å²) in [6.45, 7) is 1.59. The summed E-state index contributed by atoms with van der Waals surface area (Å²) in [7, 11) is 4.20. The van der Waals surface area contributed by atoms with Gasteiger partial charge in [0.2, 0.25) is 11.8 Å². The van der Waals surface area contributed by atoms with Crippen LogP contribution in [0.4, 0.5) is 0 Å². The Labute approximate surface area is 171 Å². The third kappa shape index (κ3) is 4.94. The van der Waals surface area contributed by atoms with Crippen molar-refractivity contribution in [3.8, 4) is 0 Å². The number of nitrogens with one attached hydrogen (secondary N) is 1. The van der Waals surface area contributed by atoms with Crippen molar-refractivity contribution < 1.29 is 14.4 Å². The maximum Gasteiger partial charge on any atom is 0.255 e. The maximum absolute atomic E-state index is 12.8. The third-order valence-corrected chi connectivity index (χ3v) is 6.48. The van der Waals surface area contributed by atoms with E-state index in [0.29, 0.717) is 18.5 Å². The highest BCUT2D eigenvalue weighted by atomic mass is 32.2. The fraction of sp³-hybridized carbons (Fsp3) is 0.571. The van der Waals surface area contributed by atoms with Crippen LogP contribution in [0.25, 0.3) is 0 Å². The van der Waals surface area contributed by atoms with Crippen LogP contribution >= 0.6 is 11.8 Å². The predicted octanol–water partition coefficient (Wildman–Crippen LogP) is 2.66. The normalized spacial score (nSPS) is 19.3. The van der Waals surface area contributed by atoms with E-state index in [0.717, 1.165) is 29.2 Å². The lowest BCUT2D eigenvalue weighted by molar-refractivity contribution is -0.136. The van der Waals surface area contributed by atoms with Gasteiger partial charge in [-0.2, -0.15) is 0 Å². The molecule has 1 atom stereocenters. The molecule has 3 rings (SSSR count). The summed E-state index contributed by atoms with van der Waals surface area (Å²) in [6, 6.07) is 5.28. The van der Waals surface area contributed by atoms with E-state index >= 15 is 0 Å². The van der Waals surface area contributed by atoms with Gasteiger partial charge in [0.05, 0.1) is 0 Å². The summed E-state index contributed by atoms with van der Waals surface area (Å²) in [5, 5.41) is 2.35. The standard InChI is InChI=1S/C21H29N3O3S/c1-23(2)12-5-3-4-6-13-28-18-9-7-8-15-16(18)14-24(21(15)27)17-10-11-19(25)22-20(17)26/h7-9,17H,3-6,10-14H2,1-2H3,(H,22,25,26). The summed E-state index contributed by atoms with van der Waals surface area (Å²) in [6.07, 6.45) is 5.54. The highest BCUT2D eigenvalue weighted by molar-refractivity contribution is 7.99. The first-order valence-corrected chi connectivity index (χ1v) is 11.0. The minimum absolute atomic E-state index is 0.101. The van der Waals surface area contributed by atoms with Crippen LogP contribution < -0.4 is 5.32 Å². The second-order valence-electron chi connectivity index (χ2n) is 7.75. The van der Waals surface area contributed by atoms with Crippen molar-refractivity contribution in [1.82, 2.24) is 15.1 Å². The van der Waals surface area contributed by atoms with Gasteiger partial charge in [0.15, 0.2) is 0 Å². The van der Waals surface area contributed by atoms with Gasteiger partial charge >= 0.3 is 0 Å². The zero-order chi connectivity index (χ0) is 20.1. The number of piperidine rings is 1. The van der Waals surface area contributed by atoms with E-state index in [-0.39, 0.29) is 24.1 Å². The largest absolute Gasteiger partial charge is 0.322 e. The van der Waals surface area contributed by atoms with E-state index in [1.807, 2.05) is 12.1 Å². The molecule has 1 fully saturated rings. The lowest BCUT2D eigenvalue weighted by atomic mass is 10.0. The first kappa shape index (κ1) is 20.9. The Kier molecular flexibility index (Phi) is 7.13. The van der Waals surface area contributed by atoms with Crippen molar-refractivity contribution in [1.29, 1.82) is 0 Å². The monoisotopic (exact) mass is 403 g/mol. The van der Waals surface area contributed by atoms with E-state index in [2.05, 4.69) is 30.4 Å². The van der Waals surface area contributed by atoms with E-state index in [9.17, 15) is 14.4 Å². The molecule has 0 spiro atoms. The molecule has 3 amide bonds. The van der Waals surface area contributed by atoms with E-state index in [1.54, 1.807) is 16.7 Å². The van der Waals surface area contributed by atoms with Gasteiger partial charge in [0.25, 0.3) is 5.91 Å². The Bertz CT molecular complexity index is 750. The number of hydrogen-bond acceptors (Lipinski definition) is 5. The summed E-state index contributed by atoms with van der Waals surface area (Å²) in [5.74, 6) is 0.317. The topological polar surface area (TPSA) is 69.7 Å². The first-order valence-electron chi connectivity index (χ1n) is 10.0. The second-order valence-corrected chi connectivity index (χ2v) is 8.88. The van der Waals surface area contributed by atoms with Gasteiger partial charge in [0.1, 0.15) is 6.04 Å². The van der Waals surface area contributed by atoms with Crippen molar-refractivity contribution in [3.63, 3.8) is 0 Å². The molecule has 2 heterocycles. The molecule has 28 heavy (non-hydrogen) atoms. The molecule has 0 bridgehead atoms. The Balaban J connectivity index is 1.55. The van der Waals surface area contributed by atoms with Crippen LogP contribution in [0.2, 0.25) is 0 Å². The van der Waals surface area contributed by atoms with Crippen LogP contribution in [0.15, 0.2) is 23.1 Å². The molecule has 0 aromatic heterocycles. The molecule has 0 radical (unpaired) electrons. The van der Waals surface area contributed by atoms with Crippen molar-refractivity contribution >= 4 is 29.5 Å². The molecular weight excluding hydrogens is 374 g/mol. The number of hydrogen-bond donors (Lipinski definition) is 1. The van der Waals surface area contributed by atoms with Gasteiger partial charge in [-0.3, -0.25) is 19.7 Å². The smallest absolute Gasteiger partial charge is 0.255 e. The lowest BCUT2D eigenvalue weighted by Crippen LogP contribution is -2.52. The molecule has 2 aliphatic heterocycles. The molecule has 0 saturated carbocycles. The Hall–Kier alpha value is -1.86. The third-order valence-electron chi connectivity index (χ3n) is 5.30. The summed E-state index contributed by atoms with van der Waals surface area (Å²) < 4.78 is 0. The van der Waals surface area contributed by atoms with Gasteiger partial charge in [-0.25, -0.2) is 0 Å². The van der Waals surface area contributed by atoms with E-state index in [4.69, 9.17) is 0 Å².